The van der Waals surface area contributed by atoms with Crippen molar-refractivity contribution in [3.8, 4) is 0 Å². The molecule has 0 saturated heterocycles. The predicted octanol–water partition coefficient (Wildman–Crippen LogP) is 2.16. The summed E-state index contributed by atoms with van der Waals surface area (Å²) in [4.78, 5) is 37.4. The average Bonchev–Trinajstić information content (AvgIpc) is 2.68. The van der Waals surface area contributed by atoms with E-state index < -0.39 is 4.92 Å². The molecule has 0 aliphatic heterocycles. The summed E-state index contributed by atoms with van der Waals surface area (Å²) in [6, 6.07) is 2.89. The number of pyridine rings is 1. The summed E-state index contributed by atoms with van der Waals surface area (Å²) in [5.41, 5.74) is 2.33. The van der Waals surface area contributed by atoms with Crippen LogP contribution in [-0.4, -0.2) is 53.4 Å². The zero-order valence-corrected chi connectivity index (χ0v) is 17.1. The van der Waals surface area contributed by atoms with Crippen LogP contribution in [0, 0.1) is 10.1 Å². The Hall–Kier alpha value is -2.18. The molecular formula is C16H23N5O5S2. The van der Waals surface area contributed by atoms with Gasteiger partial charge in [0.15, 0.2) is 5.03 Å². The van der Waals surface area contributed by atoms with E-state index in [0.29, 0.717) is 30.4 Å². The number of nitrogens with one attached hydrogen (secondary N) is 2. The predicted molar refractivity (Wildman–Crippen MR) is 109 cm³/mol. The molecule has 0 atom stereocenters. The van der Waals surface area contributed by atoms with Crippen LogP contribution in [0.1, 0.15) is 26.2 Å². The third-order valence-corrected chi connectivity index (χ3v) is 5.24. The van der Waals surface area contributed by atoms with Crippen LogP contribution in [0.2, 0.25) is 0 Å². The lowest BCUT2D eigenvalue weighted by molar-refractivity contribution is -0.388. The molecule has 0 aromatic carbocycles. The Labute approximate surface area is 170 Å². The van der Waals surface area contributed by atoms with Crippen LogP contribution in [0.25, 0.3) is 0 Å². The first-order valence-electron chi connectivity index (χ1n) is 8.58. The van der Waals surface area contributed by atoms with Gasteiger partial charge in [0.05, 0.1) is 4.92 Å². The Morgan fingerprint density at radius 1 is 1.43 bits per heavy atom. The van der Waals surface area contributed by atoms with E-state index in [1.165, 1.54) is 35.3 Å². The highest BCUT2D eigenvalue weighted by atomic mass is 33.1. The average molecular weight is 430 g/mol. The Bertz CT molecular complexity index is 675. The van der Waals surface area contributed by atoms with Crippen LogP contribution in [0.3, 0.4) is 0 Å². The van der Waals surface area contributed by atoms with Gasteiger partial charge in [0.2, 0.25) is 11.8 Å². The van der Waals surface area contributed by atoms with Crippen LogP contribution < -0.4 is 10.7 Å². The van der Waals surface area contributed by atoms with Gasteiger partial charge in [0.25, 0.3) is 0 Å². The second-order valence-electron chi connectivity index (χ2n) is 5.28. The minimum absolute atomic E-state index is 0.0407. The van der Waals surface area contributed by atoms with Crippen molar-refractivity contribution in [1.82, 2.24) is 15.7 Å². The highest BCUT2D eigenvalue weighted by Crippen LogP contribution is 2.35. The summed E-state index contributed by atoms with van der Waals surface area (Å²) >= 11 is 0. The lowest BCUT2D eigenvalue weighted by atomic mass is 10.4. The monoisotopic (exact) mass is 429 g/mol. The first-order valence-corrected chi connectivity index (χ1v) is 10.9. The molecule has 1 aromatic rings. The summed E-state index contributed by atoms with van der Waals surface area (Å²) in [7, 11) is 2.46. The second kappa shape index (κ2) is 14.8. The number of nitro groups is 1. The van der Waals surface area contributed by atoms with E-state index in [1.807, 2.05) is 6.92 Å². The molecule has 0 aliphatic rings. The fourth-order valence-electron chi connectivity index (χ4n) is 1.69. The van der Waals surface area contributed by atoms with E-state index in [1.54, 1.807) is 0 Å². The van der Waals surface area contributed by atoms with E-state index in [2.05, 4.69) is 20.8 Å². The van der Waals surface area contributed by atoms with Gasteiger partial charge in [-0.15, -0.1) is 0 Å². The molecule has 0 saturated carbocycles. The summed E-state index contributed by atoms with van der Waals surface area (Å²) in [6.07, 6.45) is 4.54. The van der Waals surface area contributed by atoms with Gasteiger partial charge in [0, 0.05) is 50.2 Å². The highest BCUT2D eigenvalue weighted by Gasteiger charge is 2.14. The van der Waals surface area contributed by atoms with E-state index in [9.17, 15) is 19.7 Å². The normalized spacial score (nSPS) is 10.8. The first kappa shape index (κ1) is 23.9. The van der Waals surface area contributed by atoms with Crippen LogP contribution in [0.4, 0.5) is 5.69 Å². The van der Waals surface area contributed by atoms with E-state index >= 15 is 0 Å². The zero-order chi connectivity index (χ0) is 20.6. The molecule has 0 spiro atoms. The molecule has 12 heteroatoms. The van der Waals surface area contributed by atoms with Crippen molar-refractivity contribution in [1.29, 1.82) is 0 Å². The zero-order valence-electron chi connectivity index (χ0n) is 15.5. The van der Waals surface area contributed by atoms with Gasteiger partial charge in [-0.25, -0.2) is 10.4 Å². The quantitative estimate of drug-likeness (QED) is 0.151. The van der Waals surface area contributed by atoms with Gasteiger partial charge in [-0.1, -0.05) is 17.7 Å². The lowest BCUT2D eigenvalue weighted by Crippen LogP contribution is -2.29. The molecule has 1 heterocycles. The fourth-order valence-corrected chi connectivity index (χ4v) is 3.71. The number of ether oxygens (including phenoxy) is 1. The largest absolute Gasteiger partial charge is 0.372 e. The van der Waals surface area contributed by atoms with Crippen molar-refractivity contribution in [2.24, 2.45) is 5.10 Å². The summed E-state index contributed by atoms with van der Waals surface area (Å²) in [6.45, 7) is 2.96. The van der Waals surface area contributed by atoms with Gasteiger partial charge < -0.3 is 10.1 Å². The van der Waals surface area contributed by atoms with Gasteiger partial charge >= 0.3 is 5.69 Å². The van der Waals surface area contributed by atoms with E-state index in [-0.39, 0.29) is 30.5 Å². The van der Waals surface area contributed by atoms with Crippen LogP contribution >= 0.6 is 21.6 Å². The van der Waals surface area contributed by atoms with Crippen molar-refractivity contribution in [3.05, 3.63) is 28.4 Å². The maximum atomic E-state index is 11.7. The molecule has 0 unspecified atom stereocenters. The Morgan fingerprint density at radius 2 is 2.25 bits per heavy atom. The number of hydrogen-bond acceptors (Lipinski definition) is 9. The molecule has 0 aliphatic carbocycles. The number of aromatic nitrogens is 1. The molecule has 2 amide bonds. The van der Waals surface area contributed by atoms with E-state index in [0.717, 1.165) is 17.2 Å². The topological polar surface area (TPSA) is 136 Å². The van der Waals surface area contributed by atoms with Gasteiger partial charge in [-0.3, -0.25) is 19.7 Å². The van der Waals surface area contributed by atoms with Crippen LogP contribution in [-0.2, 0) is 14.3 Å². The van der Waals surface area contributed by atoms with E-state index in [4.69, 9.17) is 4.74 Å². The maximum absolute atomic E-state index is 11.7. The Balaban J connectivity index is 2.10. The van der Waals surface area contributed by atoms with Gasteiger partial charge in [-0.2, -0.15) is 5.10 Å². The summed E-state index contributed by atoms with van der Waals surface area (Å²) in [5, 5.41) is 17.7. The van der Waals surface area contributed by atoms with Crippen molar-refractivity contribution in [2.45, 2.75) is 31.2 Å². The SMILES string of the molecule is CCCOCC(=O)NCC/C=N/NC(=O)CCSSc1ncccc1[N+](=O)[O-]. The second-order valence-corrected chi connectivity index (χ2v) is 7.68. The Kier molecular flexibility index (Phi) is 12.6. The molecule has 28 heavy (non-hydrogen) atoms. The molecule has 1 rings (SSSR count). The third kappa shape index (κ3) is 10.8. The number of hydrogen-bond donors (Lipinski definition) is 2. The molecule has 154 valence electrons. The number of hydrazone groups is 1. The van der Waals surface area contributed by atoms with Gasteiger partial charge in [0.1, 0.15) is 6.61 Å². The minimum Gasteiger partial charge on any atom is -0.372 e. The lowest BCUT2D eigenvalue weighted by Gasteiger charge is -2.03. The van der Waals surface area contributed by atoms with Crippen LogP contribution in [0.15, 0.2) is 28.5 Å². The highest BCUT2D eigenvalue weighted by molar-refractivity contribution is 8.76. The smallest absolute Gasteiger partial charge is 0.302 e. The van der Waals surface area contributed by atoms with Crippen molar-refractivity contribution in [3.63, 3.8) is 0 Å². The fraction of sp³-hybridized carbons (Fsp3) is 0.500. The molecule has 10 nitrogen and oxygen atoms in total. The number of carbonyl (C=O) groups is 2. The molecule has 0 radical (unpaired) electrons. The molecule has 0 fully saturated rings. The Morgan fingerprint density at radius 3 is 3.00 bits per heavy atom. The molecule has 0 bridgehead atoms. The summed E-state index contributed by atoms with van der Waals surface area (Å²) < 4.78 is 5.10. The number of amides is 2. The summed E-state index contributed by atoms with van der Waals surface area (Å²) in [5.74, 6) is -0.00136. The third-order valence-electron chi connectivity index (χ3n) is 2.96. The molecule has 2 N–H and O–H groups in total. The first-order chi connectivity index (χ1) is 13.5. The van der Waals surface area contributed by atoms with Crippen molar-refractivity contribution in [2.75, 3.05) is 25.5 Å². The standard InChI is InChI=1S/C16H23N5O5S2/c1-2-10-26-12-15(23)17-8-4-9-19-20-14(22)6-11-27-28-16-13(21(24)25)5-3-7-18-16/h3,5,7,9H,2,4,6,8,10-12H2,1H3,(H,17,23)(H,20,22)/b19-9+. The van der Waals surface area contributed by atoms with Crippen molar-refractivity contribution < 1.29 is 19.2 Å². The molecule has 1 aromatic heterocycles. The minimum atomic E-state index is -0.488. The number of carbonyl (C=O) groups excluding carboxylic acids is 2. The maximum Gasteiger partial charge on any atom is 0.302 e. The van der Waals surface area contributed by atoms with Crippen molar-refractivity contribution >= 4 is 45.3 Å². The molecular weight excluding hydrogens is 406 g/mol. The number of rotatable bonds is 14. The number of nitrogens with zero attached hydrogens (tertiary/aromatic N) is 3. The van der Waals surface area contributed by atoms with Gasteiger partial charge in [-0.05, 0) is 23.3 Å². The van der Waals surface area contributed by atoms with Crippen LogP contribution in [0.5, 0.6) is 0 Å².